The van der Waals surface area contributed by atoms with Crippen LogP contribution in [0, 0.1) is 17.8 Å². The highest BCUT2D eigenvalue weighted by Gasteiger charge is 2.30. The summed E-state index contributed by atoms with van der Waals surface area (Å²) < 4.78 is 51.0. The Morgan fingerprint density at radius 1 is 1.26 bits per heavy atom. The molecule has 0 saturated heterocycles. The van der Waals surface area contributed by atoms with Gasteiger partial charge in [0.1, 0.15) is 6.73 Å². The minimum atomic E-state index is -4.26. The summed E-state index contributed by atoms with van der Waals surface area (Å²) in [5, 5.41) is -0.339. The molecule has 0 amide bonds. The van der Waals surface area contributed by atoms with Gasteiger partial charge in [0, 0.05) is 23.3 Å². The minimum absolute atomic E-state index is 0.0182. The number of nitrogens with two attached hydrogens (primary N) is 1. The molecule has 17 heteroatoms. The Kier molecular flexibility index (Phi) is 13.9. The minimum Gasteiger partial charge on any atom is -0.369 e. The number of halogens is 1. The molecule has 3 N–H and O–H groups in total. The van der Waals surface area contributed by atoms with Crippen LogP contribution in [-0.2, 0) is 39.2 Å². The Bertz CT molecular complexity index is 1400. The largest absolute Gasteiger partial charge is 0.474 e. The summed E-state index contributed by atoms with van der Waals surface area (Å²) in [4.78, 5) is 46.3. The summed E-state index contributed by atoms with van der Waals surface area (Å²) in [5.41, 5.74) is 4.98. The number of imidazole rings is 1. The quantitative estimate of drug-likeness (QED) is 0.110. The van der Waals surface area contributed by atoms with Crippen LogP contribution in [-0.4, -0.2) is 73.4 Å². The highest BCUT2D eigenvalue weighted by atomic mass is 32.2. The lowest BCUT2D eigenvalue weighted by Crippen LogP contribution is -2.25. The monoisotopic (exact) mass is 647 g/mol. The molecule has 42 heavy (non-hydrogen) atoms. The van der Waals surface area contributed by atoms with Gasteiger partial charge in [-0.1, -0.05) is 56.8 Å². The summed E-state index contributed by atoms with van der Waals surface area (Å²) in [6.07, 6.45) is 3.37. The first kappa shape index (κ1) is 35.7. The molecule has 0 spiro atoms. The molecule has 0 aliphatic rings. The average Bonchev–Trinajstić information content (AvgIpc) is 3.32. The van der Waals surface area contributed by atoms with Crippen LogP contribution < -0.4 is 11.3 Å². The Morgan fingerprint density at radius 2 is 1.90 bits per heavy atom. The molecular formula is C25H35FN5O8PS2. The number of rotatable bonds is 17. The predicted molar refractivity (Wildman–Crippen MR) is 160 cm³/mol. The third-order valence-electron chi connectivity index (χ3n) is 5.10. The Balaban J connectivity index is 2.10. The molecule has 3 atom stereocenters. The molecule has 0 saturated carbocycles. The van der Waals surface area contributed by atoms with Gasteiger partial charge in [-0.3, -0.25) is 37.5 Å². The highest BCUT2D eigenvalue weighted by Crippen LogP contribution is 2.50. The van der Waals surface area contributed by atoms with Gasteiger partial charge in [0.05, 0.1) is 32.3 Å². The third kappa shape index (κ3) is 11.6. The van der Waals surface area contributed by atoms with Crippen molar-refractivity contribution < 1.29 is 36.9 Å². The van der Waals surface area contributed by atoms with Crippen LogP contribution in [0.1, 0.15) is 34.1 Å². The molecule has 2 aromatic rings. The maximum absolute atomic E-state index is 14.2. The number of nitrogens with zero attached hydrogens (tertiary/aromatic N) is 3. The van der Waals surface area contributed by atoms with E-state index < -0.39 is 37.7 Å². The number of carbonyl (C=O) groups is 2. The molecule has 0 radical (unpaired) electrons. The topological polar surface area (TPSA) is 178 Å². The number of terminal acetylenes is 1. The lowest BCUT2D eigenvalue weighted by molar-refractivity contribution is -0.117. The number of phosphoric acid groups is 1. The first-order chi connectivity index (χ1) is 19.6. The first-order valence-corrected chi connectivity index (χ1v) is 16.0. The van der Waals surface area contributed by atoms with Crippen LogP contribution in [0.3, 0.4) is 0 Å². The van der Waals surface area contributed by atoms with Crippen LogP contribution >= 0.6 is 31.3 Å². The molecule has 0 bridgehead atoms. The fourth-order valence-corrected chi connectivity index (χ4v) is 5.76. The van der Waals surface area contributed by atoms with E-state index in [2.05, 4.69) is 21.5 Å². The van der Waals surface area contributed by atoms with Crippen LogP contribution in [0.4, 0.5) is 10.3 Å². The van der Waals surface area contributed by atoms with Gasteiger partial charge in [0.25, 0.3) is 5.56 Å². The van der Waals surface area contributed by atoms with Gasteiger partial charge >= 0.3 is 7.82 Å². The van der Waals surface area contributed by atoms with E-state index >= 15 is 0 Å². The van der Waals surface area contributed by atoms with Crippen molar-refractivity contribution in [2.45, 2.75) is 53.1 Å². The smallest absolute Gasteiger partial charge is 0.369 e. The number of nitrogens with one attached hydrogen (secondary N) is 1. The van der Waals surface area contributed by atoms with Crippen LogP contribution in [0.15, 0.2) is 23.3 Å². The van der Waals surface area contributed by atoms with Crippen molar-refractivity contribution in [3.8, 4) is 12.3 Å². The fourth-order valence-electron chi connectivity index (χ4n) is 2.93. The summed E-state index contributed by atoms with van der Waals surface area (Å²) >= 11 is 1.92. The molecule has 1 unspecified atom stereocenters. The number of anilines is 1. The first-order valence-electron chi connectivity index (χ1n) is 12.6. The van der Waals surface area contributed by atoms with Crippen LogP contribution in [0.25, 0.3) is 11.2 Å². The second kappa shape index (κ2) is 16.4. The summed E-state index contributed by atoms with van der Waals surface area (Å²) in [6.45, 7) is 9.39. The Hall–Kier alpha value is -2.51. The summed E-state index contributed by atoms with van der Waals surface area (Å²) in [6, 6.07) is 0. The normalized spacial score (nSPS) is 14.7. The van der Waals surface area contributed by atoms with E-state index in [1.54, 1.807) is 27.7 Å². The van der Waals surface area contributed by atoms with Crippen LogP contribution in [0.5, 0.6) is 0 Å². The molecule has 0 aromatic carbocycles. The Labute approximate surface area is 251 Å². The van der Waals surface area contributed by atoms with E-state index in [4.69, 9.17) is 30.5 Å². The van der Waals surface area contributed by atoms with Crippen molar-refractivity contribution in [2.75, 3.05) is 37.1 Å². The average molecular weight is 648 g/mol. The number of aromatic amines is 1. The number of alkyl halides is 1. The summed E-state index contributed by atoms with van der Waals surface area (Å²) in [7, 11) is -4.26. The number of ether oxygens (including phenoxy) is 1. The number of carbonyl (C=O) groups excluding carboxylic acids is 2. The van der Waals surface area contributed by atoms with E-state index in [9.17, 15) is 23.3 Å². The van der Waals surface area contributed by atoms with Gasteiger partial charge in [0.2, 0.25) is 11.1 Å². The van der Waals surface area contributed by atoms with E-state index in [0.29, 0.717) is 5.57 Å². The number of thioether (sulfide) groups is 2. The number of aromatic nitrogens is 4. The zero-order valence-corrected chi connectivity index (χ0v) is 26.3. The van der Waals surface area contributed by atoms with Gasteiger partial charge in [-0.25, -0.2) is 13.9 Å². The molecule has 2 heterocycles. The second-order valence-corrected chi connectivity index (χ2v) is 13.6. The van der Waals surface area contributed by atoms with Gasteiger partial charge in [-0.05, 0) is 12.5 Å². The number of nitrogen functional groups attached to an aromatic ring is 1. The van der Waals surface area contributed by atoms with E-state index in [1.165, 1.54) is 10.9 Å². The van der Waals surface area contributed by atoms with Crippen molar-refractivity contribution in [1.29, 1.82) is 0 Å². The predicted octanol–water partition coefficient (Wildman–Crippen LogP) is 3.71. The van der Waals surface area contributed by atoms with Crippen molar-refractivity contribution >= 4 is 58.7 Å². The maximum Gasteiger partial charge on any atom is 0.474 e. The lowest BCUT2D eigenvalue weighted by atomic mass is 10.00. The molecular weight excluding hydrogens is 612 g/mol. The van der Waals surface area contributed by atoms with Crippen molar-refractivity contribution in [3.05, 3.63) is 28.8 Å². The van der Waals surface area contributed by atoms with Gasteiger partial charge < -0.3 is 10.5 Å². The molecule has 0 aliphatic heterocycles. The lowest BCUT2D eigenvalue weighted by Gasteiger charge is -2.23. The number of phosphoric ester groups is 1. The fraction of sp³-hybridized carbons (Fsp3) is 0.560. The van der Waals surface area contributed by atoms with Crippen LogP contribution in [0.2, 0.25) is 0 Å². The highest BCUT2D eigenvalue weighted by molar-refractivity contribution is 8.14. The molecule has 2 aromatic heterocycles. The number of fused-ring (bicyclic) bond motifs is 1. The van der Waals surface area contributed by atoms with Crippen molar-refractivity contribution in [3.63, 3.8) is 0 Å². The third-order valence-corrected chi connectivity index (χ3v) is 8.79. The van der Waals surface area contributed by atoms with E-state index in [1.807, 2.05) is 5.92 Å². The maximum atomic E-state index is 14.2. The van der Waals surface area contributed by atoms with Crippen molar-refractivity contribution in [2.24, 2.45) is 5.41 Å². The van der Waals surface area contributed by atoms with Gasteiger partial charge in [0.15, 0.2) is 22.5 Å². The number of hydrogen-bond acceptors (Lipinski definition) is 13. The standard InChI is InChI=1S/C25H35FN5O8PS2/c1-7-17(26)12-18(36-15-31-14-28-19-20(31)29-24(27)30-21(19)32)13-39-40(35,37-8-10-41-22(33)16(2)3)38-9-11-42-23(34)25(4,5)6/h1,14,17-18H,2,8-13,15H2,3-6H3,(H3,27,29,30,32)/t17-,18-,40?/m0/s1. The summed E-state index contributed by atoms with van der Waals surface area (Å²) in [5.74, 6) is 2.12. The van der Waals surface area contributed by atoms with Gasteiger partial charge in [-0.15, -0.1) is 6.42 Å². The van der Waals surface area contributed by atoms with Gasteiger partial charge in [-0.2, -0.15) is 4.98 Å². The van der Waals surface area contributed by atoms with E-state index in [0.717, 1.165) is 23.5 Å². The zero-order valence-electron chi connectivity index (χ0n) is 23.8. The van der Waals surface area contributed by atoms with E-state index in [-0.39, 0.29) is 65.2 Å². The second-order valence-electron chi connectivity index (χ2n) is 9.84. The molecule has 13 nitrogen and oxygen atoms in total. The van der Waals surface area contributed by atoms with Crippen molar-refractivity contribution in [1.82, 2.24) is 19.5 Å². The molecule has 232 valence electrons. The molecule has 0 aliphatic carbocycles. The zero-order chi connectivity index (χ0) is 31.5. The SMILES string of the molecule is C#C[C@H](F)C[C@@H](COP(=O)(OCCSC(=O)C(=C)C)OCCSC(=O)C(C)(C)C)OCn1cnc2c(=O)[nH]c(N)nc21. The Morgan fingerprint density at radius 3 is 2.50 bits per heavy atom. The number of H-pyrrole nitrogens is 1. The number of hydrogen-bond donors (Lipinski definition) is 2. The molecule has 2 rings (SSSR count). The molecule has 0 fully saturated rings.